The molecule has 1 aliphatic carbocycles. The average Bonchev–Trinajstić information content (AvgIpc) is 3.51. The molecule has 0 atom stereocenters. The molecule has 27 heavy (non-hydrogen) atoms. The Hall–Kier alpha value is -3.00. The fourth-order valence-corrected chi connectivity index (χ4v) is 4.05. The van der Waals surface area contributed by atoms with Crippen LogP contribution in [0.5, 0.6) is 5.75 Å². The Morgan fingerprint density at radius 1 is 0.926 bits per heavy atom. The second kappa shape index (κ2) is 6.62. The number of pyridine rings is 1. The van der Waals surface area contributed by atoms with Gasteiger partial charge in [0.15, 0.2) is 0 Å². The Kier molecular flexibility index (Phi) is 3.97. The largest absolute Gasteiger partial charge is 0.497 e. The van der Waals surface area contributed by atoms with Gasteiger partial charge in [-0.1, -0.05) is 54.6 Å². The fraction of sp³-hybridized carbons (Fsp3) is 0.200. The van der Waals surface area contributed by atoms with E-state index >= 15 is 0 Å². The lowest BCUT2D eigenvalue weighted by Gasteiger charge is -2.12. The first-order valence-corrected chi connectivity index (χ1v) is 9.64. The van der Waals surface area contributed by atoms with Gasteiger partial charge in [0.25, 0.3) is 0 Å². The van der Waals surface area contributed by atoms with Crippen LogP contribution in [-0.2, 0) is 6.42 Å². The molecule has 0 amide bonds. The zero-order valence-electron chi connectivity index (χ0n) is 15.6. The van der Waals surface area contributed by atoms with Gasteiger partial charge in [-0.3, -0.25) is 0 Å². The van der Waals surface area contributed by atoms with Crippen LogP contribution in [0.15, 0.2) is 79.0 Å². The molecule has 2 aromatic heterocycles. The van der Waals surface area contributed by atoms with Crippen molar-refractivity contribution in [2.75, 3.05) is 7.11 Å². The minimum atomic E-state index is 0.717. The summed E-state index contributed by atoms with van der Waals surface area (Å²) in [6.45, 7) is 0. The van der Waals surface area contributed by atoms with Gasteiger partial charge in [-0.25, -0.2) is 0 Å². The second-order valence-electron chi connectivity index (χ2n) is 7.38. The van der Waals surface area contributed by atoms with Crippen LogP contribution in [0.1, 0.15) is 35.6 Å². The van der Waals surface area contributed by atoms with Crippen molar-refractivity contribution < 1.29 is 4.74 Å². The topological polar surface area (TPSA) is 13.6 Å². The van der Waals surface area contributed by atoms with E-state index in [2.05, 4.69) is 83.4 Å². The standard InChI is InChI=1S/C25H23NO/c1-27-22-13-14-26-21(16-22)17-24(19-11-12-19)25(26)15-20-9-5-6-10-23(20)18-7-3-2-4-8-18/h2-10,13-14,16-17,19H,11-12,15H2,1H3. The number of hydrogen-bond acceptors (Lipinski definition) is 1. The molecule has 2 nitrogen and oxygen atoms in total. The summed E-state index contributed by atoms with van der Waals surface area (Å²) in [4.78, 5) is 0. The first kappa shape index (κ1) is 16.2. The van der Waals surface area contributed by atoms with Gasteiger partial charge in [0, 0.05) is 29.9 Å². The molecule has 0 aliphatic heterocycles. The Bertz CT molecular complexity index is 1090. The van der Waals surface area contributed by atoms with Gasteiger partial charge >= 0.3 is 0 Å². The van der Waals surface area contributed by atoms with Crippen molar-refractivity contribution in [3.63, 3.8) is 0 Å². The van der Waals surface area contributed by atoms with E-state index in [1.807, 2.05) is 0 Å². The molecular formula is C25H23NO. The number of methoxy groups -OCH3 is 1. The second-order valence-corrected chi connectivity index (χ2v) is 7.38. The number of benzene rings is 2. The maximum Gasteiger partial charge on any atom is 0.122 e. The van der Waals surface area contributed by atoms with Crippen molar-refractivity contribution in [2.24, 2.45) is 0 Å². The normalized spacial score (nSPS) is 13.8. The summed E-state index contributed by atoms with van der Waals surface area (Å²) in [5.74, 6) is 1.63. The van der Waals surface area contributed by atoms with Crippen LogP contribution in [0, 0.1) is 0 Å². The van der Waals surface area contributed by atoms with E-state index in [1.165, 1.54) is 46.3 Å². The van der Waals surface area contributed by atoms with E-state index in [-0.39, 0.29) is 0 Å². The summed E-state index contributed by atoms with van der Waals surface area (Å²) >= 11 is 0. The molecule has 2 heteroatoms. The third-order valence-corrected chi connectivity index (χ3v) is 5.60. The number of hydrogen-bond donors (Lipinski definition) is 0. The highest BCUT2D eigenvalue weighted by Crippen LogP contribution is 2.44. The quantitative estimate of drug-likeness (QED) is 0.424. The highest BCUT2D eigenvalue weighted by atomic mass is 16.5. The summed E-state index contributed by atoms with van der Waals surface area (Å²) < 4.78 is 7.77. The first-order chi connectivity index (χ1) is 13.3. The third kappa shape index (κ3) is 3.02. The van der Waals surface area contributed by atoms with Crippen molar-refractivity contribution in [3.8, 4) is 16.9 Å². The molecule has 0 N–H and O–H groups in total. The van der Waals surface area contributed by atoms with E-state index in [0.717, 1.165) is 18.1 Å². The molecule has 4 aromatic rings. The van der Waals surface area contributed by atoms with Crippen LogP contribution in [0.2, 0.25) is 0 Å². The average molecular weight is 353 g/mol. The Balaban J connectivity index is 1.62. The van der Waals surface area contributed by atoms with E-state index in [4.69, 9.17) is 4.74 Å². The molecule has 0 bridgehead atoms. The molecule has 134 valence electrons. The van der Waals surface area contributed by atoms with Crippen LogP contribution >= 0.6 is 0 Å². The van der Waals surface area contributed by atoms with Gasteiger partial charge in [-0.05, 0) is 53.1 Å². The predicted octanol–water partition coefficient (Wildman–Crippen LogP) is 6.08. The van der Waals surface area contributed by atoms with Crippen LogP contribution in [0.4, 0.5) is 0 Å². The number of fused-ring (bicyclic) bond motifs is 1. The van der Waals surface area contributed by atoms with Gasteiger partial charge < -0.3 is 9.14 Å². The summed E-state index contributed by atoms with van der Waals surface area (Å²) in [5, 5.41) is 0. The molecule has 1 saturated carbocycles. The molecule has 0 radical (unpaired) electrons. The number of ether oxygens (including phenoxy) is 1. The number of rotatable bonds is 5. The third-order valence-electron chi connectivity index (χ3n) is 5.60. The molecule has 0 unspecified atom stereocenters. The lowest BCUT2D eigenvalue weighted by molar-refractivity contribution is 0.414. The van der Waals surface area contributed by atoms with Crippen LogP contribution in [0.25, 0.3) is 16.6 Å². The summed E-state index contributed by atoms with van der Waals surface area (Å²) in [5.41, 5.74) is 8.13. The minimum Gasteiger partial charge on any atom is -0.497 e. The molecular weight excluding hydrogens is 330 g/mol. The van der Waals surface area contributed by atoms with Crippen molar-refractivity contribution in [1.29, 1.82) is 0 Å². The van der Waals surface area contributed by atoms with Gasteiger partial charge in [0.2, 0.25) is 0 Å². The lowest BCUT2D eigenvalue weighted by Crippen LogP contribution is -1.99. The summed E-state index contributed by atoms with van der Waals surface area (Å²) in [6, 6.07) is 26.0. The smallest absolute Gasteiger partial charge is 0.122 e. The zero-order valence-corrected chi connectivity index (χ0v) is 15.6. The van der Waals surface area contributed by atoms with Crippen LogP contribution in [-0.4, -0.2) is 11.5 Å². The van der Waals surface area contributed by atoms with Crippen molar-refractivity contribution in [3.05, 3.63) is 95.8 Å². The van der Waals surface area contributed by atoms with Gasteiger partial charge in [-0.2, -0.15) is 0 Å². The maximum absolute atomic E-state index is 5.43. The summed E-state index contributed by atoms with van der Waals surface area (Å²) in [7, 11) is 1.73. The van der Waals surface area contributed by atoms with Gasteiger partial charge in [0.1, 0.15) is 5.75 Å². The lowest BCUT2D eigenvalue weighted by atomic mass is 9.95. The van der Waals surface area contributed by atoms with Crippen molar-refractivity contribution in [1.82, 2.24) is 4.40 Å². The van der Waals surface area contributed by atoms with E-state index in [9.17, 15) is 0 Å². The van der Waals surface area contributed by atoms with Crippen molar-refractivity contribution >= 4 is 5.52 Å². The SMILES string of the molecule is COc1ccn2c(Cc3ccccc3-c3ccccc3)c(C3CC3)cc2c1. The van der Waals surface area contributed by atoms with Gasteiger partial charge in [0.05, 0.1) is 7.11 Å². The van der Waals surface area contributed by atoms with E-state index in [0.29, 0.717) is 0 Å². The molecule has 2 heterocycles. The molecule has 0 spiro atoms. The Labute approximate surface area is 160 Å². The monoisotopic (exact) mass is 353 g/mol. The van der Waals surface area contributed by atoms with Crippen LogP contribution in [0.3, 0.4) is 0 Å². The van der Waals surface area contributed by atoms with Crippen LogP contribution < -0.4 is 4.74 Å². The minimum absolute atomic E-state index is 0.717. The Morgan fingerprint density at radius 3 is 2.48 bits per heavy atom. The number of nitrogens with zero attached hydrogens (tertiary/aromatic N) is 1. The first-order valence-electron chi connectivity index (χ1n) is 9.64. The molecule has 5 rings (SSSR count). The number of aromatic nitrogens is 1. The molecule has 1 aliphatic rings. The van der Waals surface area contributed by atoms with Crippen molar-refractivity contribution in [2.45, 2.75) is 25.2 Å². The summed E-state index contributed by atoms with van der Waals surface area (Å²) in [6.07, 6.45) is 5.71. The predicted molar refractivity (Wildman–Crippen MR) is 111 cm³/mol. The highest BCUT2D eigenvalue weighted by molar-refractivity contribution is 5.68. The molecule has 1 fully saturated rings. The van der Waals surface area contributed by atoms with Gasteiger partial charge in [-0.15, -0.1) is 0 Å². The Morgan fingerprint density at radius 2 is 1.70 bits per heavy atom. The van der Waals surface area contributed by atoms with E-state index < -0.39 is 0 Å². The molecule has 0 saturated heterocycles. The molecule has 2 aromatic carbocycles. The highest BCUT2D eigenvalue weighted by Gasteiger charge is 2.28. The van der Waals surface area contributed by atoms with E-state index in [1.54, 1.807) is 7.11 Å². The fourth-order valence-electron chi connectivity index (χ4n) is 4.05. The zero-order chi connectivity index (χ0) is 18.2. The maximum atomic E-state index is 5.43.